The summed E-state index contributed by atoms with van der Waals surface area (Å²) in [5.74, 6) is -0.144. The molecule has 2 aliphatic rings. The number of aromatic nitrogens is 2. The second-order valence-corrected chi connectivity index (χ2v) is 7.30. The van der Waals surface area contributed by atoms with Crippen LogP contribution < -0.4 is 9.80 Å². The second-order valence-electron chi connectivity index (χ2n) is 6.89. The summed E-state index contributed by atoms with van der Waals surface area (Å²) >= 11 is 6.50. The van der Waals surface area contributed by atoms with Crippen molar-refractivity contribution in [3.8, 4) is 11.1 Å². The Bertz CT molecular complexity index is 906. The van der Waals surface area contributed by atoms with Crippen LogP contribution in [-0.4, -0.2) is 39.5 Å². The summed E-state index contributed by atoms with van der Waals surface area (Å²) < 4.78 is 1.92. The van der Waals surface area contributed by atoms with Crippen molar-refractivity contribution in [1.82, 2.24) is 9.78 Å². The minimum Gasteiger partial charge on any atom is -0.465 e. The molecule has 1 aromatic carbocycles. The summed E-state index contributed by atoms with van der Waals surface area (Å²) in [4.78, 5) is 26.7. The van der Waals surface area contributed by atoms with Crippen LogP contribution >= 0.6 is 11.6 Å². The molecule has 1 fully saturated rings. The summed E-state index contributed by atoms with van der Waals surface area (Å²) in [6.07, 6.45) is 4.87. The lowest BCUT2D eigenvalue weighted by Gasteiger charge is -2.39. The van der Waals surface area contributed by atoms with Crippen LogP contribution in [0.15, 0.2) is 24.5 Å². The van der Waals surface area contributed by atoms with E-state index < -0.39 is 6.09 Å². The average molecular weight is 375 g/mol. The van der Waals surface area contributed by atoms with Crippen LogP contribution in [0.3, 0.4) is 0 Å². The molecule has 136 valence electrons. The minimum absolute atomic E-state index is 0.144. The van der Waals surface area contributed by atoms with Crippen LogP contribution in [0.25, 0.3) is 11.1 Å². The highest BCUT2D eigenvalue weighted by Gasteiger charge is 2.34. The quantitative estimate of drug-likeness (QED) is 0.867. The molecule has 0 bridgehead atoms. The van der Waals surface area contributed by atoms with Gasteiger partial charge in [0.25, 0.3) is 0 Å². The van der Waals surface area contributed by atoms with Crippen LogP contribution in [0.1, 0.15) is 32.7 Å². The van der Waals surface area contributed by atoms with Crippen molar-refractivity contribution >= 4 is 35.0 Å². The molecule has 1 aromatic heterocycles. The molecule has 2 aromatic rings. The summed E-state index contributed by atoms with van der Waals surface area (Å²) in [7, 11) is 0. The average Bonchev–Trinajstić information content (AvgIpc) is 3.30. The number of hydrogen-bond acceptors (Lipinski definition) is 3. The van der Waals surface area contributed by atoms with Gasteiger partial charge in [-0.05, 0) is 31.9 Å². The predicted octanol–water partition coefficient (Wildman–Crippen LogP) is 3.78. The maximum Gasteiger partial charge on any atom is 0.411 e. The molecular weight excluding hydrogens is 356 g/mol. The van der Waals surface area contributed by atoms with E-state index in [4.69, 9.17) is 11.6 Å². The van der Waals surface area contributed by atoms with Crippen LogP contribution in [0.2, 0.25) is 5.02 Å². The first-order valence-electron chi connectivity index (χ1n) is 8.55. The van der Waals surface area contributed by atoms with Gasteiger partial charge in [0.1, 0.15) is 0 Å². The molecule has 1 unspecified atom stereocenters. The van der Waals surface area contributed by atoms with Gasteiger partial charge in [-0.2, -0.15) is 5.10 Å². The van der Waals surface area contributed by atoms with Crippen molar-refractivity contribution in [3.05, 3.63) is 29.5 Å². The minimum atomic E-state index is -1.05. The monoisotopic (exact) mass is 374 g/mol. The van der Waals surface area contributed by atoms with E-state index in [1.54, 1.807) is 23.2 Å². The lowest BCUT2D eigenvalue weighted by molar-refractivity contribution is -0.117. The van der Waals surface area contributed by atoms with E-state index in [1.807, 2.05) is 17.8 Å². The Balaban J connectivity index is 1.84. The number of hydrogen-bond donors (Lipinski definition) is 1. The molecule has 0 spiro atoms. The molecular formula is C18H19ClN4O3. The van der Waals surface area contributed by atoms with Gasteiger partial charge >= 0.3 is 6.09 Å². The van der Waals surface area contributed by atoms with Gasteiger partial charge < -0.3 is 10.0 Å². The van der Waals surface area contributed by atoms with E-state index in [0.717, 1.165) is 18.4 Å². The molecule has 4 rings (SSSR count). The van der Waals surface area contributed by atoms with Crippen LogP contribution in [0.4, 0.5) is 16.2 Å². The van der Waals surface area contributed by atoms with Crippen molar-refractivity contribution < 1.29 is 14.7 Å². The zero-order chi connectivity index (χ0) is 18.6. The summed E-state index contributed by atoms with van der Waals surface area (Å²) in [5, 5.41) is 14.5. The lowest BCUT2D eigenvalue weighted by Crippen LogP contribution is -2.51. The third-order valence-corrected chi connectivity index (χ3v) is 5.22. The van der Waals surface area contributed by atoms with E-state index in [2.05, 4.69) is 5.10 Å². The van der Waals surface area contributed by atoms with Gasteiger partial charge in [-0.15, -0.1) is 0 Å². The molecule has 1 atom stereocenters. The van der Waals surface area contributed by atoms with E-state index in [9.17, 15) is 14.7 Å². The molecule has 7 nitrogen and oxygen atoms in total. The molecule has 1 aliphatic carbocycles. The Labute approximate surface area is 155 Å². The first-order chi connectivity index (χ1) is 12.4. The van der Waals surface area contributed by atoms with Crippen molar-refractivity contribution in [3.63, 3.8) is 0 Å². The fourth-order valence-corrected chi connectivity index (χ4v) is 3.81. The maximum atomic E-state index is 12.1. The van der Waals surface area contributed by atoms with Crippen molar-refractivity contribution in [1.29, 1.82) is 0 Å². The number of fused-ring (bicyclic) bond motifs is 1. The number of rotatable bonds is 2. The Morgan fingerprint density at radius 1 is 1.27 bits per heavy atom. The Hall–Kier alpha value is -2.54. The Morgan fingerprint density at radius 2 is 2.00 bits per heavy atom. The number of anilines is 2. The molecule has 1 N–H and O–H groups in total. The van der Waals surface area contributed by atoms with E-state index >= 15 is 0 Å². The predicted molar refractivity (Wildman–Crippen MR) is 98.9 cm³/mol. The smallest absolute Gasteiger partial charge is 0.411 e. The number of benzene rings is 1. The van der Waals surface area contributed by atoms with Gasteiger partial charge in [-0.25, -0.2) is 4.79 Å². The van der Waals surface area contributed by atoms with Gasteiger partial charge in [0.15, 0.2) is 0 Å². The summed E-state index contributed by atoms with van der Waals surface area (Å²) in [6.45, 7) is 3.50. The number of halogens is 1. The van der Waals surface area contributed by atoms with E-state index in [0.29, 0.717) is 28.0 Å². The van der Waals surface area contributed by atoms with Crippen LogP contribution in [-0.2, 0) is 4.79 Å². The molecule has 26 heavy (non-hydrogen) atoms. The Kier molecular flexibility index (Phi) is 3.91. The number of nitrogens with zero attached hydrogens (tertiary/aromatic N) is 4. The topological polar surface area (TPSA) is 78.7 Å². The summed E-state index contributed by atoms with van der Waals surface area (Å²) in [5.41, 5.74) is 2.52. The number of amides is 2. The van der Waals surface area contributed by atoms with Gasteiger partial charge in [-0.3, -0.25) is 14.4 Å². The first-order valence-corrected chi connectivity index (χ1v) is 8.93. The highest BCUT2D eigenvalue weighted by molar-refractivity contribution is 6.34. The zero-order valence-corrected chi connectivity index (χ0v) is 15.3. The SMILES string of the molecule is CC(=O)N1c2cc(Cl)c(-c3cnn(C4CC4)c3)cc2N(C(=O)O)CC1C. The fraction of sp³-hybridized carbons (Fsp3) is 0.389. The van der Waals surface area contributed by atoms with Gasteiger partial charge in [0, 0.05) is 30.8 Å². The van der Waals surface area contributed by atoms with E-state index in [-0.39, 0.29) is 18.5 Å². The standard InChI is InChI=1S/C18H19ClN4O3/c1-10-8-21(18(25)26)16-5-14(12-7-20-22(9-12)13-3-4-13)15(19)6-17(16)23(10)11(2)24/h5-7,9-10,13H,3-4,8H2,1-2H3,(H,25,26). The van der Waals surface area contributed by atoms with E-state index in [1.165, 1.54) is 11.8 Å². The molecule has 8 heteroatoms. The van der Waals surface area contributed by atoms with Crippen molar-refractivity contribution in [2.75, 3.05) is 16.3 Å². The Morgan fingerprint density at radius 3 is 2.62 bits per heavy atom. The largest absolute Gasteiger partial charge is 0.465 e. The molecule has 2 amide bonds. The second kappa shape index (κ2) is 6.02. The summed E-state index contributed by atoms with van der Waals surface area (Å²) in [6, 6.07) is 3.59. The normalized spacial score (nSPS) is 19.4. The zero-order valence-electron chi connectivity index (χ0n) is 14.5. The third-order valence-electron chi connectivity index (χ3n) is 4.91. The van der Waals surface area contributed by atoms with Crippen molar-refractivity contribution in [2.45, 2.75) is 38.8 Å². The van der Waals surface area contributed by atoms with Gasteiger partial charge in [0.2, 0.25) is 5.91 Å². The molecule has 1 aliphatic heterocycles. The van der Waals surface area contributed by atoms with Gasteiger partial charge in [0.05, 0.1) is 34.7 Å². The maximum absolute atomic E-state index is 12.1. The lowest BCUT2D eigenvalue weighted by atomic mass is 10.0. The molecule has 2 heterocycles. The first kappa shape index (κ1) is 16.9. The van der Waals surface area contributed by atoms with Crippen LogP contribution in [0.5, 0.6) is 0 Å². The fourth-order valence-electron chi connectivity index (χ4n) is 3.54. The molecule has 1 saturated carbocycles. The van der Waals surface area contributed by atoms with Crippen molar-refractivity contribution in [2.24, 2.45) is 0 Å². The number of carbonyl (C=O) groups is 2. The molecule has 0 saturated heterocycles. The van der Waals surface area contributed by atoms with Gasteiger partial charge in [-0.1, -0.05) is 11.6 Å². The highest BCUT2D eigenvalue weighted by Crippen LogP contribution is 2.43. The highest BCUT2D eigenvalue weighted by atomic mass is 35.5. The molecule has 0 radical (unpaired) electrons. The number of carbonyl (C=O) groups excluding carboxylic acids is 1. The van der Waals surface area contributed by atoms with Crippen LogP contribution in [0, 0.1) is 0 Å². The third kappa shape index (κ3) is 2.72. The number of carboxylic acid groups (broad SMARTS) is 1.